The van der Waals surface area contributed by atoms with E-state index in [1.54, 1.807) is 6.07 Å². The first-order valence-electron chi connectivity index (χ1n) is 5.14. The molecule has 0 spiro atoms. The van der Waals surface area contributed by atoms with Gasteiger partial charge in [-0.15, -0.1) is 0 Å². The Kier molecular flexibility index (Phi) is 3.27. The highest BCUT2D eigenvalue weighted by Crippen LogP contribution is 2.25. The highest BCUT2D eigenvalue weighted by atomic mass is 35.5. The molecule has 0 saturated carbocycles. The Bertz CT molecular complexity index is 376. The molecule has 0 aromatic heterocycles. The van der Waals surface area contributed by atoms with Crippen molar-refractivity contribution in [3.63, 3.8) is 0 Å². The van der Waals surface area contributed by atoms with Crippen LogP contribution < -0.4 is 5.32 Å². The van der Waals surface area contributed by atoms with E-state index in [-0.39, 0.29) is 11.9 Å². The molecule has 1 aromatic rings. The molecule has 15 heavy (non-hydrogen) atoms. The zero-order valence-corrected chi connectivity index (χ0v) is 9.10. The van der Waals surface area contributed by atoms with Crippen molar-refractivity contribution in [2.45, 2.75) is 25.3 Å². The van der Waals surface area contributed by atoms with Gasteiger partial charge in [0.1, 0.15) is 5.82 Å². The average Bonchev–Trinajstić information content (AvgIpc) is 2.25. The molecule has 1 N–H and O–H groups in total. The lowest BCUT2D eigenvalue weighted by molar-refractivity contribution is 0.627. The number of benzene rings is 1. The fourth-order valence-electron chi connectivity index (χ4n) is 1.74. The molecule has 3 heteroatoms. The standard InChI is InChI=1S/C12H13ClFN/c13-11-7-6-9(14)8-12(11)15-10-4-2-1-3-5-10/h2,4,6-8,10,15H,1,3,5H2. The summed E-state index contributed by atoms with van der Waals surface area (Å²) in [5, 5.41) is 3.80. The van der Waals surface area contributed by atoms with Gasteiger partial charge >= 0.3 is 0 Å². The highest BCUT2D eigenvalue weighted by Gasteiger charge is 2.10. The van der Waals surface area contributed by atoms with E-state index in [2.05, 4.69) is 17.5 Å². The van der Waals surface area contributed by atoms with Crippen LogP contribution in [0.5, 0.6) is 0 Å². The molecular weight excluding hydrogens is 213 g/mol. The zero-order chi connectivity index (χ0) is 10.7. The quantitative estimate of drug-likeness (QED) is 0.751. The van der Waals surface area contributed by atoms with Gasteiger partial charge in [0, 0.05) is 6.04 Å². The van der Waals surface area contributed by atoms with Crippen molar-refractivity contribution in [2.24, 2.45) is 0 Å². The van der Waals surface area contributed by atoms with Crippen molar-refractivity contribution >= 4 is 17.3 Å². The molecule has 1 aliphatic carbocycles. The lowest BCUT2D eigenvalue weighted by atomic mass is 10.0. The third kappa shape index (κ3) is 2.72. The molecule has 1 aromatic carbocycles. The maximum atomic E-state index is 13.0. The summed E-state index contributed by atoms with van der Waals surface area (Å²) >= 11 is 5.96. The van der Waals surface area contributed by atoms with E-state index in [4.69, 9.17) is 11.6 Å². The summed E-state index contributed by atoms with van der Waals surface area (Å²) in [6.07, 6.45) is 7.64. The lowest BCUT2D eigenvalue weighted by Crippen LogP contribution is -2.18. The monoisotopic (exact) mass is 225 g/mol. The molecule has 1 aliphatic rings. The second-order valence-electron chi connectivity index (χ2n) is 3.73. The first-order chi connectivity index (χ1) is 7.25. The summed E-state index contributed by atoms with van der Waals surface area (Å²) in [6.45, 7) is 0. The van der Waals surface area contributed by atoms with Gasteiger partial charge < -0.3 is 5.32 Å². The molecule has 80 valence electrons. The third-order valence-corrected chi connectivity index (χ3v) is 2.85. The predicted octanol–water partition coefficient (Wildman–Crippen LogP) is 4.00. The van der Waals surface area contributed by atoms with Crippen molar-refractivity contribution in [1.29, 1.82) is 0 Å². The molecule has 0 radical (unpaired) electrons. The van der Waals surface area contributed by atoms with Gasteiger partial charge in [0.2, 0.25) is 0 Å². The zero-order valence-electron chi connectivity index (χ0n) is 8.34. The van der Waals surface area contributed by atoms with Crippen LogP contribution in [0.2, 0.25) is 5.02 Å². The minimum Gasteiger partial charge on any atom is -0.378 e. The fraction of sp³-hybridized carbons (Fsp3) is 0.333. The summed E-state index contributed by atoms with van der Waals surface area (Å²) in [4.78, 5) is 0. The van der Waals surface area contributed by atoms with Crippen LogP contribution in [0.4, 0.5) is 10.1 Å². The SMILES string of the molecule is Fc1ccc(Cl)c(NC2C=CCCC2)c1. The molecule has 0 heterocycles. The number of hydrogen-bond donors (Lipinski definition) is 1. The van der Waals surface area contributed by atoms with Gasteiger partial charge in [0.15, 0.2) is 0 Å². The van der Waals surface area contributed by atoms with Crippen molar-refractivity contribution in [3.05, 3.63) is 41.2 Å². The molecule has 1 atom stereocenters. The maximum Gasteiger partial charge on any atom is 0.125 e. The van der Waals surface area contributed by atoms with Gasteiger partial charge in [-0.2, -0.15) is 0 Å². The molecule has 1 nitrogen and oxygen atoms in total. The van der Waals surface area contributed by atoms with Crippen LogP contribution in [-0.2, 0) is 0 Å². The summed E-state index contributed by atoms with van der Waals surface area (Å²) in [6, 6.07) is 4.65. The van der Waals surface area contributed by atoms with Gasteiger partial charge in [-0.1, -0.05) is 23.8 Å². The summed E-state index contributed by atoms with van der Waals surface area (Å²) < 4.78 is 13.0. The molecule has 0 bridgehead atoms. The van der Waals surface area contributed by atoms with E-state index in [9.17, 15) is 4.39 Å². The summed E-state index contributed by atoms with van der Waals surface area (Å²) in [5.74, 6) is -0.262. The van der Waals surface area contributed by atoms with Crippen LogP contribution >= 0.6 is 11.6 Å². The molecule has 0 saturated heterocycles. The summed E-state index contributed by atoms with van der Waals surface area (Å²) in [7, 11) is 0. The normalized spacial score (nSPS) is 20.3. The van der Waals surface area contributed by atoms with Crippen LogP contribution in [0, 0.1) is 5.82 Å². The number of halogens is 2. The number of allylic oxidation sites excluding steroid dienone is 1. The van der Waals surface area contributed by atoms with Crippen molar-refractivity contribution in [3.8, 4) is 0 Å². The van der Waals surface area contributed by atoms with E-state index in [0.717, 1.165) is 12.8 Å². The Hall–Kier alpha value is -1.02. The Balaban J connectivity index is 2.12. The first kappa shape index (κ1) is 10.5. The Morgan fingerprint density at radius 1 is 1.40 bits per heavy atom. The highest BCUT2D eigenvalue weighted by molar-refractivity contribution is 6.33. The van der Waals surface area contributed by atoms with Crippen molar-refractivity contribution in [1.82, 2.24) is 0 Å². The van der Waals surface area contributed by atoms with Crippen molar-refractivity contribution in [2.75, 3.05) is 5.32 Å². The van der Waals surface area contributed by atoms with Gasteiger partial charge in [-0.25, -0.2) is 4.39 Å². The number of nitrogens with one attached hydrogen (secondary N) is 1. The van der Waals surface area contributed by atoms with E-state index in [1.165, 1.54) is 18.6 Å². The predicted molar refractivity (Wildman–Crippen MR) is 61.8 cm³/mol. The molecular formula is C12H13ClFN. The van der Waals surface area contributed by atoms with E-state index < -0.39 is 0 Å². The lowest BCUT2D eigenvalue weighted by Gasteiger charge is -2.19. The first-order valence-corrected chi connectivity index (χ1v) is 5.52. The third-order valence-electron chi connectivity index (χ3n) is 2.52. The van der Waals surface area contributed by atoms with Crippen LogP contribution in [-0.4, -0.2) is 6.04 Å². The topological polar surface area (TPSA) is 12.0 Å². The number of rotatable bonds is 2. The average molecular weight is 226 g/mol. The number of hydrogen-bond acceptors (Lipinski definition) is 1. The molecule has 0 fully saturated rings. The smallest absolute Gasteiger partial charge is 0.125 e. The van der Waals surface area contributed by atoms with Gasteiger partial charge in [0.05, 0.1) is 10.7 Å². The largest absolute Gasteiger partial charge is 0.378 e. The van der Waals surface area contributed by atoms with Crippen LogP contribution in [0.15, 0.2) is 30.4 Å². The Morgan fingerprint density at radius 3 is 3.00 bits per heavy atom. The van der Waals surface area contributed by atoms with E-state index in [1.807, 2.05) is 0 Å². The number of anilines is 1. The maximum absolute atomic E-state index is 13.0. The fourth-order valence-corrected chi connectivity index (χ4v) is 1.91. The van der Waals surface area contributed by atoms with Crippen LogP contribution in [0.3, 0.4) is 0 Å². The summed E-state index contributed by atoms with van der Waals surface area (Å²) in [5.41, 5.74) is 0.674. The van der Waals surface area contributed by atoms with Gasteiger partial charge in [-0.05, 0) is 37.5 Å². The minimum absolute atomic E-state index is 0.262. The van der Waals surface area contributed by atoms with E-state index in [0.29, 0.717) is 10.7 Å². The molecule has 2 rings (SSSR count). The minimum atomic E-state index is -0.262. The van der Waals surface area contributed by atoms with Crippen LogP contribution in [0.25, 0.3) is 0 Å². The van der Waals surface area contributed by atoms with E-state index >= 15 is 0 Å². The van der Waals surface area contributed by atoms with Crippen molar-refractivity contribution < 1.29 is 4.39 Å². The van der Waals surface area contributed by atoms with Crippen LogP contribution in [0.1, 0.15) is 19.3 Å². The Morgan fingerprint density at radius 2 is 2.27 bits per heavy atom. The molecule has 1 unspecified atom stereocenters. The Labute approximate surface area is 93.9 Å². The second kappa shape index (κ2) is 4.67. The van der Waals surface area contributed by atoms with Gasteiger partial charge in [0.25, 0.3) is 0 Å². The second-order valence-corrected chi connectivity index (χ2v) is 4.14. The molecule has 0 amide bonds. The molecule has 0 aliphatic heterocycles. The van der Waals surface area contributed by atoms with Gasteiger partial charge in [-0.3, -0.25) is 0 Å².